The minimum absolute atomic E-state index is 0.345. The Morgan fingerprint density at radius 1 is 1.00 bits per heavy atom. The van der Waals surface area contributed by atoms with E-state index in [9.17, 15) is 14.4 Å². The number of hydrogen-bond donors (Lipinski definition) is 2. The Balaban J connectivity index is 1.79. The van der Waals surface area contributed by atoms with E-state index in [0.717, 1.165) is 46.2 Å². The number of thioether (sulfide) groups is 2. The SMILES string of the molecule is CCSC[C@H](CC1CCCCC1)NCc1ccc(C(=O)N[C@@H](CCSC)C(=O)OCOC(=O)C(C)(C)C)c(-c2ccccc2C)c1. The van der Waals surface area contributed by atoms with Gasteiger partial charge in [-0.2, -0.15) is 23.5 Å². The minimum atomic E-state index is -0.879. The Labute approximate surface area is 285 Å². The molecule has 7 nitrogen and oxygen atoms in total. The molecule has 1 aliphatic rings. The molecular formula is C37H54N2O5S2. The zero-order chi connectivity index (χ0) is 33.5. The summed E-state index contributed by atoms with van der Waals surface area (Å²) in [5.41, 5.74) is 3.78. The van der Waals surface area contributed by atoms with E-state index in [1.165, 1.54) is 38.5 Å². The molecule has 2 aromatic carbocycles. The van der Waals surface area contributed by atoms with Crippen LogP contribution in [-0.4, -0.2) is 60.2 Å². The molecule has 2 atom stereocenters. The van der Waals surface area contributed by atoms with Crippen molar-refractivity contribution in [3.8, 4) is 11.1 Å². The van der Waals surface area contributed by atoms with Crippen molar-refractivity contribution in [3.05, 3.63) is 59.2 Å². The standard InChI is InChI=1S/C37H54N2O5S2/c1-7-46-24-29(21-27-14-9-8-10-15-27)38-23-28-17-18-31(32(22-28)30-16-12-11-13-26(30)2)34(40)39-33(19-20-45-6)35(41)43-25-44-36(42)37(3,4)5/h11-13,16-18,22,27,29,33,38H,7-10,14-15,19-21,23-25H2,1-6H3,(H,39,40)/t29-,33-/m0/s1. The third-order valence-electron chi connectivity index (χ3n) is 8.43. The maximum absolute atomic E-state index is 13.8. The lowest BCUT2D eigenvalue weighted by Gasteiger charge is -2.27. The van der Waals surface area contributed by atoms with Crippen molar-refractivity contribution in [1.29, 1.82) is 0 Å². The lowest BCUT2D eigenvalue weighted by atomic mass is 9.85. The van der Waals surface area contributed by atoms with E-state index in [-0.39, 0.29) is 5.91 Å². The van der Waals surface area contributed by atoms with Gasteiger partial charge in [-0.3, -0.25) is 9.59 Å². The van der Waals surface area contributed by atoms with Gasteiger partial charge in [0.05, 0.1) is 5.41 Å². The van der Waals surface area contributed by atoms with E-state index in [1.54, 1.807) is 32.5 Å². The highest BCUT2D eigenvalue weighted by molar-refractivity contribution is 7.99. The van der Waals surface area contributed by atoms with Gasteiger partial charge in [-0.05, 0) is 98.6 Å². The van der Waals surface area contributed by atoms with Gasteiger partial charge in [-0.15, -0.1) is 0 Å². The van der Waals surface area contributed by atoms with Gasteiger partial charge in [0.25, 0.3) is 5.91 Å². The average Bonchev–Trinajstić information content (AvgIpc) is 3.04. The van der Waals surface area contributed by atoms with Crippen molar-refractivity contribution in [3.63, 3.8) is 0 Å². The summed E-state index contributed by atoms with van der Waals surface area (Å²) >= 11 is 3.57. The quantitative estimate of drug-likeness (QED) is 0.130. The number of rotatable bonds is 17. The highest BCUT2D eigenvalue weighted by Gasteiger charge is 2.27. The number of carbonyl (C=O) groups is 3. The topological polar surface area (TPSA) is 93.7 Å². The van der Waals surface area contributed by atoms with Crippen molar-refractivity contribution in [2.45, 2.75) is 98.2 Å². The van der Waals surface area contributed by atoms with Gasteiger partial charge < -0.3 is 20.1 Å². The second kappa shape index (κ2) is 19.4. The highest BCUT2D eigenvalue weighted by Crippen LogP contribution is 2.30. The maximum atomic E-state index is 13.8. The van der Waals surface area contributed by atoms with Crippen molar-refractivity contribution in [2.24, 2.45) is 11.3 Å². The molecule has 0 aliphatic heterocycles. The monoisotopic (exact) mass is 670 g/mol. The average molecular weight is 671 g/mol. The number of aryl methyl sites for hydroxylation is 1. The first-order valence-corrected chi connectivity index (χ1v) is 19.2. The van der Waals surface area contributed by atoms with Gasteiger partial charge >= 0.3 is 11.9 Å². The summed E-state index contributed by atoms with van der Waals surface area (Å²) in [4.78, 5) is 39.0. The van der Waals surface area contributed by atoms with Gasteiger partial charge in [-0.25, -0.2) is 4.79 Å². The number of hydrogen-bond acceptors (Lipinski definition) is 8. The molecule has 0 saturated heterocycles. The van der Waals surface area contributed by atoms with Gasteiger partial charge in [0, 0.05) is 23.9 Å². The normalized spacial score (nSPS) is 15.2. The molecule has 0 radical (unpaired) electrons. The predicted molar refractivity (Wildman–Crippen MR) is 192 cm³/mol. The summed E-state index contributed by atoms with van der Waals surface area (Å²) in [6, 6.07) is 13.6. The molecular weight excluding hydrogens is 617 g/mol. The minimum Gasteiger partial charge on any atom is -0.427 e. The van der Waals surface area contributed by atoms with Crippen molar-refractivity contribution >= 4 is 41.4 Å². The van der Waals surface area contributed by atoms with E-state index in [2.05, 4.69) is 23.6 Å². The van der Waals surface area contributed by atoms with Crippen LogP contribution in [-0.2, 0) is 25.6 Å². The lowest BCUT2D eigenvalue weighted by molar-refractivity contribution is -0.174. The van der Waals surface area contributed by atoms with Crippen LogP contribution in [0.2, 0.25) is 0 Å². The largest absolute Gasteiger partial charge is 0.427 e. The maximum Gasteiger partial charge on any atom is 0.331 e. The molecule has 0 unspecified atom stereocenters. The van der Waals surface area contributed by atoms with Crippen molar-refractivity contribution in [1.82, 2.24) is 10.6 Å². The van der Waals surface area contributed by atoms with Crippen LogP contribution < -0.4 is 10.6 Å². The number of amides is 1. The number of nitrogens with one attached hydrogen (secondary N) is 2. The zero-order valence-corrected chi connectivity index (χ0v) is 30.2. The molecule has 46 heavy (non-hydrogen) atoms. The Hall–Kier alpha value is -2.49. The van der Waals surface area contributed by atoms with E-state index in [0.29, 0.717) is 23.8 Å². The Morgan fingerprint density at radius 2 is 1.74 bits per heavy atom. The van der Waals surface area contributed by atoms with E-state index < -0.39 is 30.2 Å². The number of carbonyl (C=O) groups excluding carboxylic acids is 3. The molecule has 0 aromatic heterocycles. The summed E-state index contributed by atoms with van der Waals surface area (Å²) in [7, 11) is 0. The Kier molecular flexibility index (Phi) is 16.0. The summed E-state index contributed by atoms with van der Waals surface area (Å²) in [5.74, 6) is 2.22. The first-order valence-electron chi connectivity index (χ1n) is 16.7. The Morgan fingerprint density at radius 3 is 2.41 bits per heavy atom. The van der Waals surface area contributed by atoms with Crippen LogP contribution in [0.3, 0.4) is 0 Å². The molecule has 1 saturated carbocycles. The van der Waals surface area contributed by atoms with Gasteiger partial charge in [0.15, 0.2) is 0 Å². The molecule has 0 spiro atoms. The van der Waals surface area contributed by atoms with E-state index in [1.807, 2.05) is 61.3 Å². The van der Waals surface area contributed by atoms with Gasteiger partial charge in [0.2, 0.25) is 6.79 Å². The Bertz CT molecular complexity index is 1270. The number of ether oxygens (including phenoxy) is 2. The smallest absolute Gasteiger partial charge is 0.331 e. The first-order chi connectivity index (χ1) is 22.0. The summed E-state index contributed by atoms with van der Waals surface area (Å²) < 4.78 is 10.4. The second-order valence-electron chi connectivity index (χ2n) is 13.2. The predicted octanol–water partition coefficient (Wildman–Crippen LogP) is 7.79. The zero-order valence-electron chi connectivity index (χ0n) is 28.6. The van der Waals surface area contributed by atoms with E-state index >= 15 is 0 Å². The third kappa shape index (κ3) is 12.3. The number of esters is 2. The summed E-state index contributed by atoms with van der Waals surface area (Å²) in [6.45, 7) is 9.68. The molecule has 1 amide bonds. The van der Waals surface area contributed by atoms with Crippen LogP contribution in [0, 0.1) is 18.3 Å². The van der Waals surface area contributed by atoms with Gasteiger partial charge in [-0.1, -0.05) is 69.4 Å². The molecule has 9 heteroatoms. The van der Waals surface area contributed by atoms with E-state index in [4.69, 9.17) is 9.47 Å². The van der Waals surface area contributed by atoms with Crippen LogP contribution >= 0.6 is 23.5 Å². The van der Waals surface area contributed by atoms with Gasteiger partial charge in [0.1, 0.15) is 6.04 Å². The van der Waals surface area contributed by atoms with Crippen LogP contribution in [0.25, 0.3) is 11.1 Å². The second-order valence-corrected chi connectivity index (χ2v) is 15.5. The van der Waals surface area contributed by atoms with Crippen LogP contribution in [0.4, 0.5) is 0 Å². The first kappa shape index (κ1) is 38.0. The molecule has 3 rings (SSSR count). The lowest BCUT2D eigenvalue weighted by Crippen LogP contribution is -2.43. The molecule has 2 N–H and O–H groups in total. The molecule has 2 aromatic rings. The highest BCUT2D eigenvalue weighted by atomic mass is 32.2. The van der Waals surface area contributed by atoms with Crippen LogP contribution in [0.5, 0.6) is 0 Å². The van der Waals surface area contributed by atoms with Crippen molar-refractivity contribution in [2.75, 3.05) is 30.3 Å². The van der Waals surface area contributed by atoms with Crippen LogP contribution in [0.1, 0.15) is 94.1 Å². The fraction of sp³-hybridized carbons (Fsp3) is 0.595. The molecule has 1 aliphatic carbocycles. The summed E-state index contributed by atoms with van der Waals surface area (Å²) in [6.07, 6.45) is 10.3. The number of benzene rings is 2. The van der Waals surface area contributed by atoms with Crippen LogP contribution in [0.15, 0.2) is 42.5 Å². The molecule has 0 heterocycles. The summed E-state index contributed by atoms with van der Waals surface area (Å²) in [5, 5.41) is 6.76. The molecule has 0 bridgehead atoms. The third-order valence-corrected chi connectivity index (χ3v) is 10.1. The molecule has 1 fully saturated rings. The fourth-order valence-electron chi connectivity index (χ4n) is 5.73. The fourth-order valence-corrected chi connectivity index (χ4v) is 6.98. The molecule has 254 valence electrons. The van der Waals surface area contributed by atoms with Crippen molar-refractivity contribution < 1.29 is 23.9 Å².